The first-order valence-electron chi connectivity index (χ1n) is 9.32. The van der Waals surface area contributed by atoms with Gasteiger partial charge in [-0.05, 0) is 35.8 Å². The average molecular weight is 386 g/mol. The Morgan fingerprint density at radius 1 is 1.19 bits per heavy atom. The molecule has 2 aromatic rings. The maximum atomic E-state index is 12.2. The molecule has 4 nitrogen and oxygen atoms in total. The summed E-state index contributed by atoms with van der Waals surface area (Å²) in [6.07, 6.45) is 3.33. The molecule has 0 aliphatic carbocycles. The van der Waals surface area contributed by atoms with Gasteiger partial charge >= 0.3 is 0 Å². The van der Waals surface area contributed by atoms with E-state index in [1.54, 1.807) is 12.2 Å². The van der Waals surface area contributed by atoms with Gasteiger partial charge in [-0.3, -0.25) is 4.79 Å². The molecular formula is C22H26ClN2O2+. The second-order valence-corrected chi connectivity index (χ2v) is 7.27. The highest BCUT2D eigenvalue weighted by Gasteiger charge is 2.15. The summed E-state index contributed by atoms with van der Waals surface area (Å²) in [7, 11) is 0. The van der Waals surface area contributed by atoms with Crippen molar-refractivity contribution in [2.24, 2.45) is 0 Å². The van der Waals surface area contributed by atoms with Crippen molar-refractivity contribution in [3.63, 3.8) is 0 Å². The highest BCUT2D eigenvalue weighted by Crippen LogP contribution is 2.17. The molecule has 0 aromatic heterocycles. The normalized spacial score (nSPS) is 15.2. The predicted octanol–water partition coefficient (Wildman–Crippen LogP) is 2.39. The summed E-state index contributed by atoms with van der Waals surface area (Å²) in [4.78, 5) is 13.7. The van der Waals surface area contributed by atoms with Crippen molar-refractivity contribution in [1.29, 1.82) is 0 Å². The van der Waals surface area contributed by atoms with Crippen LogP contribution in [0.25, 0.3) is 6.08 Å². The molecule has 0 atom stereocenters. The number of carbonyl (C=O) groups excluding carboxylic acids is 1. The molecule has 1 aliphatic heterocycles. The summed E-state index contributed by atoms with van der Waals surface area (Å²) in [6.45, 7) is 7.15. The van der Waals surface area contributed by atoms with Gasteiger partial charge in [0, 0.05) is 23.2 Å². The summed E-state index contributed by atoms with van der Waals surface area (Å²) < 4.78 is 5.43. The van der Waals surface area contributed by atoms with E-state index >= 15 is 0 Å². The Labute approximate surface area is 165 Å². The number of hydrogen-bond donors (Lipinski definition) is 2. The minimum Gasteiger partial charge on any atom is -0.370 e. The van der Waals surface area contributed by atoms with E-state index in [9.17, 15) is 4.79 Å². The van der Waals surface area contributed by atoms with Gasteiger partial charge in [-0.15, -0.1) is 0 Å². The van der Waals surface area contributed by atoms with Crippen LogP contribution in [0.4, 0.5) is 0 Å². The molecule has 2 N–H and O–H groups in total. The van der Waals surface area contributed by atoms with Gasteiger partial charge in [-0.1, -0.05) is 48.0 Å². The van der Waals surface area contributed by atoms with Crippen molar-refractivity contribution in [2.45, 2.75) is 20.0 Å². The van der Waals surface area contributed by atoms with E-state index in [0.29, 0.717) is 11.6 Å². The van der Waals surface area contributed by atoms with Crippen LogP contribution >= 0.6 is 11.6 Å². The number of ether oxygens (including phenoxy) is 1. The Kier molecular flexibility index (Phi) is 7.04. The van der Waals surface area contributed by atoms with Crippen molar-refractivity contribution in [1.82, 2.24) is 5.32 Å². The lowest BCUT2D eigenvalue weighted by Gasteiger charge is -2.24. The number of hydrogen-bond acceptors (Lipinski definition) is 2. The lowest BCUT2D eigenvalue weighted by molar-refractivity contribution is -0.921. The maximum absolute atomic E-state index is 12.2. The number of amides is 1. The molecule has 0 spiro atoms. The fourth-order valence-electron chi connectivity index (χ4n) is 3.13. The topological polar surface area (TPSA) is 42.8 Å². The van der Waals surface area contributed by atoms with Crippen LogP contribution in [0.5, 0.6) is 0 Å². The molecular weight excluding hydrogens is 360 g/mol. The largest absolute Gasteiger partial charge is 0.370 e. The van der Waals surface area contributed by atoms with Gasteiger partial charge in [-0.2, -0.15) is 0 Å². The van der Waals surface area contributed by atoms with Crippen LogP contribution in [0.3, 0.4) is 0 Å². The molecule has 0 radical (unpaired) electrons. The van der Waals surface area contributed by atoms with Gasteiger partial charge in [0.1, 0.15) is 19.6 Å². The zero-order chi connectivity index (χ0) is 19.1. The molecule has 1 aliphatic rings. The van der Waals surface area contributed by atoms with E-state index in [-0.39, 0.29) is 5.91 Å². The summed E-state index contributed by atoms with van der Waals surface area (Å²) in [5.74, 6) is -0.111. The van der Waals surface area contributed by atoms with Gasteiger partial charge in [-0.25, -0.2) is 0 Å². The van der Waals surface area contributed by atoms with Crippen molar-refractivity contribution in [2.75, 3.05) is 26.3 Å². The number of aryl methyl sites for hydroxylation is 1. The molecule has 0 saturated carbocycles. The van der Waals surface area contributed by atoms with E-state index in [0.717, 1.165) is 49.5 Å². The number of carbonyl (C=O) groups is 1. The Hall–Kier alpha value is -2.14. The summed E-state index contributed by atoms with van der Waals surface area (Å²) in [6, 6.07) is 14.1. The third-order valence-electron chi connectivity index (χ3n) is 4.83. The monoisotopic (exact) mass is 385 g/mol. The quantitative estimate of drug-likeness (QED) is 0.750. The van der Waals surface area contributed by atoms with Gasteiger partial charge in [0.2, 0.25) is 5.91 Å². The van der Waals surface area contributed by atoms with E-state index < -0.39 is 0 Å². The number of quaternary nitrogens is 1. The second kappa shape index (κ2) is 9.70. The van der Waals surface area contributed by atoms with Gasteiger partial charge in [0.25, 0.3) is 0 Å². The minimum absolute atomic E-state index is 0.111. The zero-order valence-electron chi connectivity index (χ0n) is 15.6. The fourth-order valence-corrected chi connectivity index (χ4v) is 3.32. The Morgan fingerprint density at radius 2 is 1.93 bits per heavy atom. The molecule has 27 heavy (non-hydrogen) atoms. The molecule has 1 heterocycles. The number of morpholine rings is 1. The Bertz CT molecular complexity index is 814. The molecule has 142 valence electrons. The molecule has 1 fully saturated rings. The van der Waals surface area contributed by atoms with Crippen LogP contribution in [-0.4, -0.2) is 32.2 Å². The highest BCUT2D eigenvalue weighted by molar-refractivity contribution is 6.31. The maximum Gasteiger partial charge on any atom is 0.244 e. The van der Waals surface area contributed by atoms with Gasteiger partial charge < -0.3 is 15.0 Å². The van der Waals surface area contributed by atoms with Gasteiger partial charge in [0.15, 0.2) is 0 Å². The minimum atomic E-state index is -0.111. The lowest BCUT2D eigenvalue weighted by atomic mass is 10.1. The molecule has 0 bridgehead atoms. The van der Waals surface area contributed by atoms with Crippen LogP contribution in [-0.2, 0) is 22.6 Å². The molecule has 1 saturated heterocycles. The SMILES string of the molecule is Cc1ccc(/C=C/C(=O)NCc2ccccc2C[NH+]2CCOCC2)cc1Cl. The second-order valence-electron chi connectivity index (χ2n) is 6.87. The van der Waals surface area contributed by atoms with Crippen molar-refractivity contribution < 1.29 is 14.4 Å². The van der Waals surface area contributed by atoms with E-state index in [1.165, 1.54) is 10.5 Å². The third-order valence-corrected chi connectivity index (χ3v) is 5.24. The van der Waals surface area contributed by atoms with Crippen LogP contribution in [0.15, 0.2) is 48.5 Å². The standard InChI is InChI=1S/C22H25ClN2O2/c1-17-6-7-18(14-21(17)23)8-9-22(26)24-15-19-4-2-3-5-20(19)16-25-10-12-27-13-11-25/h2-9,14H,10-13,15-16H2,1H3,(H,24,26)/p+1/b9-8+. The molecule has 2 aromatic carbocycles. The van der Waals surface area contributed by atoms with Crippen LogP contribution in [0.2, 0.25) is 5.02 Å². The smallest absolute Gasteiger partial charge is 0.244 e. The number of benzene rings is 2. The summed E-state index contributed by atoms with van der Waals surface area (Å²) in [5.41, 5.74) is 4.38. The number of halogens is 1. The first-order chi connectivity index (χ1) is 13.1. The van der Waals surface area contributed by atoms with E-state index in [1.807, 2.05) is 31.2 Å². The lowest BCUT2D eigenvalue weighted by Crippen LogP contribution is -3.12. The van der Waals surface area contributed by atoms with E-state index in [4.69, 9.17) is 16.3 Å². The molecule has 1 amide bonds. The number of rotatable bonds is 6. The van der Waals surface area contributed by atoms with Crippen molar-refractivity contribution in [3.8, 4) is 0 Å². The van der Waals surface area contributed by atoms with Crippen LogP contribution < -0.4 is 10.2 Å². The van der Waals surface area contributed by atoms with Gasteiger partial charge in [0.05, 0.1) is 13.2 Å². The first-order valence-corrected chi connectivity index (χ1v) is 9.70. The molecule has 0 unspecified atom stereocenters. The summed E-state index contributed by atoms with van der Waals surface area (Å²) >= 11 is 6.12. The van der Waals surface area contributed by atoms with Crippen LogP contribution in [0, 0.1) is 6.92 Å². The van der Waals surface area contributed by atoms with Crippen molar-refractivity contribution >= 4 is 23.6 Å². The average Bonchev–Trinajstić information content (AvgIpc) is 2.69. The van der Waals surface area contributed by atoms with Crippen molar-refractivity contribution in [3.05, 3.63) is 75.8 Å². The Morgan fingerprint density at radius 3 is 2.67 bits per heavy atom. The first kappa shape index (κ1) is 19.6. The van der Waals surface area contributed by atoms with Crippen LogP contribution in [0.1, 0.15) is 22.3 Å². The molecule has 3 rings (SSSR count). The Balaban J connectivity index is 1.56. The zero-order valence-corrected chi connectivity index (χ0v) is 16.4. The third kappa shape index (κ3) is 5.93. The fraction of sp³-hybridized carbons (Fsp3) is 0.318. The summed E-state index contributed by atoms with van der Waals surface area (Å²) in [5, 5.41) is 3.69. The number of nitrogens with one attached hydrogen (secondary N) is 2. The molecule has 5 heteroatoms. The predicted molar refractivity (Wildman–Crippen MR) is 109 cm³/mol. The van der Waals surface area contributed by atoms with E-state index in [2.05, 4.69) is 23.5 Å². The highest BCUT2D eigenvalue weighted by atomic mass is 35.5.